The van der Waals surface area contributed by atoms with Crippen molar-refractivity contribution in [2.24, 2.45) is 5.73 Å². The molecule has 336 valence electrons. The molecule has 0 aliphatic carbocycles. The van der Waals surface area contributed by atoms with Crippen LogP contribution in [0, 0.1) is 13.8 Å². The van der Waals surface area contributed by atoms with E-state index >= 15 is 0 Å². The maximum Gasteiger partial charge on any atom is 0.358 e. The molecule has 8 aromatic rings. The van der Waals surface area contributed by atoms with E-state index in [1.54, 1.807) is 79.1 Å². The molecule has 1 amide bonds. The summed E-state index contributed by atoms with van der Waals surface area (Å²) in [6.07, 6.45) is 3.24. The Hall–Kier alpha value is -8.56. The molecule has 0 bridgehead atoms. The number of amides is 1. The summed E-state index contributed by atoms with van der Waals surface area (Å²) in [5.74, 6) is -2.64. The molecule has 4 heterocycles. The van der Waals surface area contributed by atoms with Gasteiger partial charge in [0.1, 0.15) is 24.5 Å². The average molecular weight is 889 g/mol. The van der Waals surface area contributed by atoms with Gasteiger partial charge in [-0.15, -0.1) is 0 Å². The summed E-state index contributed by atoms with van der Waals surface area (Å²) >= 11 is 0. The minimum Gasteiger partial charge on any atom is -0.481 e. The van der Waals surface area contributed by atoms with Crippen LogP contribution in [0.2, 0.25) is 0 Å². The van der Waals surface area contributed by atoms with E-state index in [2.05, 4.69) is 15.3 Å². The SMILES string of the molecule is C.Cc1ccc2nc(C(=O)NCC(=O)c3ccccc3)c(OCc3ccccc3)c(=O)n2c1.Cc1ccc2nc(C(=O)O)c(OCc3ccccc3)c(=O)n2c1.NCC(=O)c1ccccc1. The number of hydrogen-bond acceptors (Lipinski definition) is 11. The first-order chi connectivity index (χ1) is 31.4. The number of ether oxygens (including phenoxy) is 2. The van der Waals surface area contributed by atoms with Crippen molar-refractivity contribution in [3.8, 4) is 11.5 Å². The van der Waals surface area contributed by atoms with E-state index in [-0.39, 0.29) is 73.8 Å². The summed E-state index contributed by atoms with van der Waals surface area (Å²) in [4.78, 5) is 81.7. The molecule has 0 fully saturated rings. The minimum atomic E-state index is -1.30. The molecule has 15 heteroatoms. The smallest absolute Gasteiger partial charge is 0.358 e. The molecule has 8 rings (SSSR count). The fourth-order valence-electron chi connectivity index (χ4n) is 6.19. The Morgan fingerprint density at radius 1 is 0.576 bits per heavy atom. The average Bonchev–Trinajstić information content (AvgIpc) is 3.34. The number of carboxylic acid groups (broad SMARTS) is 1. The number of nitrogens with two attached hydrogens (primary N) is 1. The van der Waals surface area contributed by atoms with Crippen LogP contribution in [0.15, 0.2) is 168 Å². The number of nitrogens with one attached hydrogen (secondary N) is 1. The second-order valence-corrected chi connectivity index (χ2v) is 14.4. The van der Waals surface area contributed by atoms with Gasteiger partial charge in [0.25, 0.3) is 5.91 Å². The number of nitrogens with zero attached hydrogens (tertiary/aromatic N) is 4. The van der Waals surface area contributed by atoms with Crippen LogP contribution in [-0.4, -0.2) is 60.4 Å². The van der Waals surface area contributed by atoms with Crippen molar-refractivity contribution in [3.63, 3.8) is 0 Å². The first kappa shape index (κ1) is 48.5. The number of hydrogen-bond donors (Lipinski definition) is 3. The largest absolute Gasteiger partial charge is 0.481 e. The van der Waals surface area contributed by atoms with Crippen molar-refractivity contribution in [1.82, 2.24) is 24.1 Å². The van der Waals surface area contributed by atoms with Crippen LogP contribution in [0.4, 0.5) is 0 Å². The highest BCUT2D eigenvalue weighted by Gasteiger charge is 2.23. The van der Waals surface area contributed by atoms with Crippen molar-refractivity contribution in [3.05, 3.63) is 223 Å². The second-order valence-electron chi connectivity index (χ2n) is 14.4. The Morgan fingerprint density at radius 3 is 1.39 bits per heavy atom. The fraction of sp³-hybridized carbons (Fsp3) is 0.137. The molecule has 4 aromatic carbocycles. The maximum absolute atomic E-state index is 13.1. The highest BCUT2D eigenvalue weighted by molar-refractivity contribution is 6.02. The van der Waals surface area contributed by atoms with Crippen LogP contribution in [0.3, 0.4) is 0 Å². The third kappa shape index (κ3) is 12.5. The van der Waals surface area contributed by atoms with Gasteiger partial charge in [0.15, 0.2) is 23.0 Å². The van der Waals surface area contributed by atoms with Crippen molar-refractivity contribution in [1.29, 1.82) is 0 Å². The van der Waals surface area contributed by atoms with Crippen molar-refractivity contribution in [2.45, 2.75) is 34.5 Å². The Kier molecular flexibility index (Phi) is 17.1. The van der Waals surface area contributed by atoms with Gasteiger partial charge in [-0.05, 0) is 48.2 Å². The normalized spacial score (nSPS) is 10.3. The molecule has 0 unspecified atom stereocenters. The Balaban J connectivity index is 0.000000209. The highest BCUT2D eigenvalue weighted by atomic mass is 16.5. The lowest BCUT2D eigenvalue weighted by atomic mass is 10.1. The molecule has 15 nitrogen and oxygen atoms in total. The lowest BCUT2D eigenvalue weighted by molar-refractivity contribution is 0.0683. The number of carbonyl (C=O) groups is 4. The van der Waals surface area contributed by atoms with Gasteiger partial charge in [-0.3, -0.25) is 32.8 Å². The van der Waals surface area contributed by atoms with Crippen LogP contribution in [0.1, 0.15) is 71.4 Å². The van der Waals surface area contributed by atoms with Gasteiger partial charge >= 0.3 is 17.1 Å². The Labute approximate surface area is 379 Å². The van der Waals surface area contributed by atoms with Crippen LogP contribution in [-0.2, 0) is 13.2 Å². The van der Waals surface area contributed by atoms with E-state index in [9.17, 15) is 33.9 Å². The van der Waals surface area contributed by atoms with Gasteiger partial charge < -0.3 is 25.6 Å². The molecule has 4 N–H and O–H groups in total. The number of aromatic nitrogens is 4. The molecule has 0 saturated carbocycles. The predicted molar refractivity (Wildman–Crippen MR) is 251 cm³/mol. The van der Waals surface area contributed by atoms with Gasteiger partial charge in [0.05, 0.1) is 13.1 Å². The van der Waals surface area contributed by atoms with E-state index in [0.717, 1.165) is 22.3 Å². The lowest BCUT2D eigenvalue weighted by Crippen LogP contribution is -2.33. The summed E-state index contributed by atoms with van der Waals surface area (Å²) in [7, 11) is 0. The molecular weight excluding hydrogens is 841 g/mol. The third-order valence-corrected chi connectivity index (χ3v) is 9.51. The van der Waals surface area contributed by atoms with Crippen LogP contribution < -0.4 is 31.6 Å². The molecular formula is C51H48N6O9. The predicted octanol–water partition coefficient (Wildman–Crippen LogP) is 6.94. The number of aromatic carboxylic acids is 1. The fourth-order valence-corrected chi connectivity index (χ4v) is 6.19. The number of benzene rings is 4. The monoisotopic (exact) mass is 888 g/mol. The van der Waals surface area contributed by atoms with Crippen molar-refractivity contribution < 1.29 is 33.8 Å². The number of rotatable bonds is 13. The third-order valence-electron chi connectivity index (χ3n) is 9.51. The standard InChI is InChI=1S/C25H21N3O4.C17H14N2O4.C8H9NO.CH4/c1-17-12-13-21-27-22(24(30)26-14-20(29)19-10-6-3-7-11-19)23(25(31)28(21)15-17)32-16-18-8-4-2-5-9-18;1-11-7-8-13-18-14(17(21)22)15(16(20)19(13)9-11)23-10-12-5-3-2-4-6-12;9-6-8(10)7-4-2-1-3-5-7;/h2-13,15H,14,16H2,1H3,(H,26,30);2-9H,10H2,1H3,(H,21,22);1-5H,6,9H2;1H4. The molecule has 0 saturated heterocycles. The van der Waals surface area contributed by atoms with E-state index in [1.165, 1.54) is 8.80 Å². The van der Waals surface area contributed by atoms with Crippen LogP contribution >= 0.6 is 0 Å². The Bertz CT molecular complexity index is 3070. The van der Waals surface area contributed by atoms with Gasteiger partial charge in [0, 0.05) is 23.5 Å². The van der Waals surface area contributed by atoms with E-state index in [1.807, 2.05) is 92.7 Å². The number of ketones is 2. The summed E-state index contributed by atoms with van der Waals surface area (Å²) in [6.45, 7) is 3.74. The summed E-state index contributed by atoms with van der Waals surface area (Å²) in [5, 5.41) is 11.9. The molecule has 0 spiro atoms. The second kappa shape index (κ2) is 23.2. The van der Waals surface area contributed by atoms with E-state index < -0.39 is 23.0 Å². The first-order valence-corrected chi connectivity index (χ1v) is 20.2. The number of aryl methyl sites for hydroxylation is 2. The highest BCUT2D eigenvalue weighted by Crippen LogP contribution is 2.17. The van der Waals surface area contributed by atoms with Gasteiger partial charge in [-0.1, -0.05) is 141 Å². The van der Waals surface area contributed by atoms with Crippen LogP contribution in [0.5, 0.6) is 11.5 Å². The van der Waals surface area contributed by atoms with Gasteiger partial charge in [-0.2, -0.15) is 0 Å². The number of pyridine rings is 2. The van der Waals surface area contributed by atoms with E-state index in [0.29, 0.717) is 16.8 Å². The van der Waals surface area contributed by atoms with Crippen LogP contribution in [0.25, 0.3) is 11.3 Å². The van der Waals surface area contributed by atoms with Crippen molar-refractivity contribution >= 4 is 34.7 Å². The number of carboxylic acids is 1. The first-order valence-electron chi connectivity index (χ1n) is 20.2. The number of Topliss-reactive ketones (excluding diaryl/α,β-unsaturated/α-hetero) is 2. The summed E-state index contributed by atoms with van der Waals surface area (Å²) in [6, 6.07) is 43.0. The molecule has 0 radical (unpaired) electrons. The number of fused-ring (bicyclic) bond motifs is 2. The van der Waals surface area contributed by atoms with E-state index in [4.69, 9.17) is 15.2 Å². The topological polar surface area (TPSA) is 214 Å². The van der Waals surface area contributed by atoms with Gasteiger partial charge in [-0.25, -0.2) is 14.8 Å². The minimum absolute atomic E-state index is 0. The quantitative estimate of drug-likeness (QED) is 0.101. The molecule has 66 heavy (non-hydrogen) atoms. The van der Waals surface area contributed by atoms with Crippen molar-refractivity contribution in [2.75, 3.05) is 13.1 Å². The maximum atomic E-state index is 13.1. The molecule has 0 aliphatic rings. The zero-order valence-electron chi connectivity index (χ0n) is 35.4. The number of carbonyl (C=O) groups excluding carboxylic acids is 3. The lowest BCUT2D eigenvalue weighted by Gasteiger charge is -2.13. The van der Waals surface area contributed by atoms with Gasteiger partial charge in [0.2, 0.25) is 11.5 Å². The zero-order valence-corrected chi connectivity index (χ0v) is 35.4. The molecule has 4 aromatic heterocycles. The molecule has 0 atom stereocenters. The molecule has 0 aliphatic heterocycles. The summed E-state index contributed by atoms with van der Waals surface area (Å²) < 4.78 is 13.9. The Morgan fingerprint density at radius 2 is 0.970 bits per heavy atom. The zero-order chi connectivity index (χ0) is 46.3. The summed E-state index contributed by atoms with van der Waals surface area (Å²) in [5.41, 5.74) is 8.73.